The first kappa shape index (κ1) is 104. The summed E-state index contributed by atoms with van der Waals surface area (Å²) in [5, 5.41) is 17.4. The molecule has 130 heavy (non-hydrogen) atoms. The minimum atomic E-state index is -1.19. The summed E-state index contributed by atoms with van der Waals surface area (Å²) in [7, 11) is 0. The molecule has 55 heteroatoms. The van der Waals surface area contributed by atoms with E-state index in [1.54, 1.807) is 0 Å². The van der Waals surface area contributed by atoms with Crippen molar-refractivity contribution in [2.24, 2.45) is 17.2 Å². The molecule has 6 rings (SSSR count). The van der Waals surface area contributed by atoms with Crippen LogP contribution in [0.15, 0.2) is 94.7 Å². The van der Waals surface area contributed by atoms with E-state index in [1.165, 1.54) is 41.5 Å². The van der Waals surface area contributed by atoms with E-state index in [1.807, 2.05) is 24.9 Å². The van der Waals surface area contributed by atoms with Gasteiger partial charge in [-0.1, -0.05) is 0 Å². The molecule has 0 spiro atoms. The van der Waals surface area contributed by atoms with Crippen LogP contribution in [0, 0.1) is 41.5 Å². The molecule has 0 aliphatic carbocycles. The van der Waals surface area contributed by atoms with Gasteiger partial charge in [-0.25, -0.2) is 28.8 Å². The van der Waals surface area contributed by atoms with Crippen molar-refractivity contribution in [1.82, 2.24) is 124 Å². The number of aromatic nitrogens is 12. The number of carbonyl (C=O) groups is 14. The number of nitrogens with zero attached hydrogens (tertiary/aromatic N) is 12. The first-order valence-corrected chi connectivity index (χ1v) is 40.7. The van der Waals surface area contributed by atoms with Crippen LogP contribution in [0.2, 0.25) is 0 Å². The molecule has 2 atom stereocenters. The minimum Gasteiger partial charge on any atom is -0.368 e. The molecule has 0 bridgehead atoms. The largest absolute Gasteiger partial charge is 0.368 e. The van der Waals surface area contributed by atoms with E-state index in [0.717, 1.165) is 94.0 Å². The van der Waals surface area contributed by atoms with Crippen LogP contribution in [-0.2, 0) is 106 Å². The maximum Gasteiger partial charge on any atom is 0.328 e. The van der Waals surface area contributed by atoms with E-state index >= 15 is 0 Å². The number of nitrogens with two attached hydrogens (primary N) is 3. The highest BCUT2D eigenvalue weighted by molar-refractivity contribution is 7.80. The number of carbonyl (C=O) groups excluding carboxylic acids is 14. The molecule has 0 saturated heterocycles. The molecule has 54 nitrogen and oxygen atoms in total. The SMILES string of the molecule is Cc1cn(CC(=O)N(CCNC(=O)CN(CCNC(=O)CN(CCNC(=O)[C@@H](N)CS)C(=O)Cn2cc(C)c(=O)[nH]c2=O)C(=O)Cn2cc(C)c(=O)[nH]c2=O)CC(=O)NCCN(CC(=O)NCCN(CC(=O)NCCN(CC(=O)N[C@@H](CCCCN)C(N)=O)C(=O)Cn2cc(C)c(=O)[nH]c2=O)C(=O)Cn2cc(C)c(=O)[nH]c2=O)C(=O)Cn2cc(C)c(=O)[nH]c2=O)c(=O)[nH]c1=O. The van der Waals surface area contributed by atoms with Gasteiger partial charge in [-0.05, 0) is 67.3 Å². The van der Waals surface area contributed by atoms with Crippen LogP contribution in [0.25, 0.3) is 0 Å². The number of rotatable bonds is 50. The van der Waals surface area contributed by atoms with E-state index in [2.05, 4.69) is 54.8 Å². The van der Waals surface area contributed by atoms with E-state index in [4.69, 9.17) is 17.2 Å². The van der Waals surface area contributed by atoms with Gasteiger partial charge in [0.2, 0.25) is 82.7 Å². The first-order valence-electron chi connectivity index (χ1n) is 40.1. The number of aryl methyl sites for hydroxylation is 6. The average molecular weight is 1850 g/mol. The van der Waals surface area contributed by atoms with Gasteiger partial charge in [0.25, 0.3) is 33.4 Å². The Labute approximate surface area is 738 Å². The summed E-state index contributed by atoms with van der Waals surface area (Å²) < 4.78 is 4.94. The highest BCUT2D eigenvalue weighted by Crippen LogP contribution is 2.06. The Kier molecular flexibility index (Phi) is 39.7. The lowest BCUT2D eigenvalue weighted by Gasteiger charge is -2.26. The Morgan fingerprint density at radius 2 is 0.531 bits per heavy atom. The van der Waals surface area contributed by atoms with Crippen LogP contribution in [0.1, 0.15) is 52.6 Å². The molecule has 706 valence electrons. The van der Waals surface area contributed by atoms with Gasteiger partial charge in [-0.15, -0.1) is 0 Å². The Bertz CT molecular complexity index is 6010. The van der Waals surface area contributed by atoms with Crippen molar-refractivity contribution in [3.8, 4) is 0 Å². The van der Waals surface area contributed by atoms with Gasteiger partial charge in [0.1, 0.15) is 45.3 Å². The summed E-state index contributed by atoms with van der Waals surface area (Å²) >= 11 is 4.00. The van der Waals surface area contributed by atoms with Crippen molar-refractivity contribution in [2.75, 3.05) is 130 Å². The summed E-state index contributed by atoms with van der Waals surface area (Å²) in [5.41, 5.74) is 6.16. The zero-order chi connectivity index (χ0) is 96.5. The molecule has 0 fully saturated rings. The number of hydrogen-bond donors (Lipinski definition) is 17. The van der Waals surface area contributed by atoms with Gasteiger partial charge in [0.05, 0.1) is 45.3 Å². The number of unbranched alkanes of at least 4 members (excludes halogenated alkanes) is 1. The van der Waals surface area contributed by atoms with Gasteiger partial charge >= 0.3 is 34.1 Å². The van der Waals surface area contributed by atoms with Gasteiger partial charge in [-0.2, -0.15) is 12.6 Å². The molecule has 0 aromatic carbocycles. The van der Waals surface area contributed by atoms with Crippen molar-refractivity contribution in [2.45, 2.75) is 112 Å². The maximum atomic E-state index is 14.2. The molecule has 6 aromatic heterocycles. The van der Waals surface area contributed by atoms with Crippen LogP contribution in [0.4, 0.5) is 0 Å². The van der Waals surface area contributed by atoms with Gasteiger partial charge in [0, 0.05) is 155 Å². The lowest BCUT2D eigenvalue weighted by Crippen LogP contribution is -2.51. The van der Waals surface area contributed by atoms with Gasteiger partial charge < -0.3 is 83.8 Å². The van der Waals surface area contributed by atoms with E-state index in [-0.39, 0.29) is 65.2 Å². The Morgan fingerprint density at radius 3 is 0.723 bits per heavy atom. The Morgan fingerprint density at radius 1 is 0.331 bits per heavy atom. The number of aromatic amines is 6. The third-order valence-corrected chi connectivity index (χ3v) is 19.8. The quantitative estimate of drug-likeness (QED) is 0.0125. The molecule has 0 unspecified atom stereocenters. The Balaban J connectivity index is 1.19. The van der Waals surface area contributed by atoms with Crippen LogP contribution in [0.3, 0.4) is 0 Å². The second kappa shape index (κ2) is 49.7. The number of nitrogens with one attached hydrogen (secondary N) is 13. The predicted octanol–water partition coefficient (Wildman–Crippen LogP) is -14.8. The fourth-order valence-electron chi connectivity index (χ4n) is 12.2. The standard InChI is InChI=1S/C75H104N28O26S/c1-42-23-98(70(124)86-63(42)117)35-56(110)92(18-12-80-52(106)31-94(58(112)37-100-25-44(3)65(119)88-72(100)126)20-14-82-54(108)33-96(22-16-84-69(123)48(77)41-130)60(114)39-102-27-46(5)67(121)90-74(102)128)29-50(104)79-11-17-93(57(111)36-99-24-43(2)64(118)87-71(99)125)30-51(105)81-13-19-95(59(113)38-101-26-45(4)66(120)89-73(101)127)32-53(107)83-15-21-97(34-55(109)85-49(62(78)116)9-7-8-10-76)61(115)40-103-28-47(6)68(122)91-75(103)129/h23-28,48-49,130H,7-22,29-41,76-77H2,1-6H3,(H2,78,116)(H,79,104)(H,80,106)(H,81,105)(H,82,108)(H,83,107)(H,84,123)(H,85,109)(H,86,117,124)(H,87,118,125)(H,88,119,126)(H,89,120,127)(H,90,121,128)(H,91,122,129)/t48-,49-/m0/s1. The molecule has 0 aliphatic rings. The van der Waals surface area contributed by atoms with Crippen molar-refractivity contribution in [1.29, 1.82) is 0 Å². The zero-order valence-electron chi connectivity index (χ0n) is 71.8. The van der Waals surface area contributed by atoms with Crippen molar-refractivity contribution < 1.29 is 67.1 Å². The molecule has 0 saturated carbocycles. The third-order valence-electron chi connectivity index (χ3n) is 19.4. The topological polar surface area (TPSA) is 750 Å². The second-order valence-corrected chi connectivity index (χ2v) is 30.1. The molecule has 19 N–H and O–H groups in total. The molecule has 6 aromatic rings. The monoisotopic (exact) mass is 1840 g/mol. The fourth-order valence-corrected chi connectivity index (χ4v) is 12.3. The van der Waals surface area contributed by atoms with Crippen LogP contribution < -0.4 is 122 Å². The lowest BCUT2D eigenvalue weighted by atomic mass is 10.1. The van der Waals surface area contributed by atoms with Gasteiger partial charge in [-0.3, -0.25) is 153 Å². The summed E-state index contributed by atoms with van der Waals surface area (Å²) in [4.78, 5) is 360. The molecule has 6 heterocycles. The zero-order valence-corrected chi connectivity index (χ0v) is 72.7. The molecule has 0 radical (unpaired) electrons. The normalized spacial score (nSPS) is 11.4. The van der Waals surface area contributed by atoms with Crippen LogP contribution in [0.5, 0.6) is 0 Å². The van der Waals surface area contributed by atoms with Crippen molar-refractivity contribution >= 4 is 95.3 Å². The summed E-state index contributed by atoms with van der Waals surface area (Å²) in [6, 6.07) is -2.24. The number of H-pyrrole nitrogens is 6. The second-order valence-electron chi connectivity index (χ2n) is 29.7. The highest BCUT2D eigenvalue weighted by atomic mass is 32.1. The van der Waals surface area contributed by atoms with Gasteiger partial charge in [0.15, 0.2) is 0 Å². The number of thiol groups is 1. The first-order chi connectivity index (χ1) is 61.3. The lowest BCUT2D eigenvalue weighted by molar-refractivity contribution is -0.138. The smallest absolute Gasteiger partial charge is 0.328 e. The molecular weight excluding hydrogens is 1740 g/mol. The van der Waals surface area contributed by atoms with Crippen molar-refractivity contribution in [3.63, 3.8) is 0 Å². The molecule has 14 amide bonds. The van der Waals surface area contributed by atoms with Crippen molar-refractivity contribution in [3.05, 3.63) is 196 Å². The maximum absolute atomic E-state index is 14.2. The number of amides is 14. The summed E-state index contributed by atoms with van der Waals surface area (Å²) in [5.74, 6) is -13.0. The van der Waals surface area contributed by atoms with E-state index < -0.39 is 306 Å². The van der Waals surface area contributed by atoms with Crippen LogP contribution in [-0.4, -0.2) is 312 Å². The predicted molar refractivity (Wildman–Crippen MR) is 460 cm³/mol. The van der Waals surface area contributed by atoms with E-state index in [9.17, 15) is 125 Å². The summed E-state index contributed by atoms with van der Waals surface area (Å²) in [6.07, 6.45) is 7.34. The molecular formula is C75H104N28O26S. The van der Waals surface area contributed by atoms with E-state index in [0.29, 0.717) is 12.8 Å². The summed E-state index contributed by atoms with van der Waals surface area (Å²) in [6.45, 7) is -7.39. The third kappa shape index (κ3) is 32.7. The fraction of sp³-hybridized carbons (Fsp3) is 0.493. The van der Waals surface area contributed by atoms with Crippen LogP contribution >= 0.6 is 12.6 Å². The highest BCUT2D eigenvalue weighted by Gasteiger charge is 2.29. The number of primary amides is 1. The minimum absolute atomic E-state index is 0.00172. The average Bonchev–Trinajstić information content (AvgIpc) is 0.859. The Hall–Kier alpha value is -15.1. The number of hydrogen-bond acceptors (Lipinski definition) is 29. The molecule has 0 aliphatic heterocycles.